The predicted molar refractivity (Wildman–Crippen MR) is 86.0 cm³/mol. The van der Waals surface area contributed by atoms with E-state index in [4.69, 9.17) is 9.47 Å². The van der Waals surface area contributed by atoms with E-state index < -0.39 is 0 Å². The molecule has 1 aromatic carbocycles. The van der Waals surface area contributed by atoms with E-state index in [9.17, 15) is 5.11 Å². The highest BCUT2D eigenvalue weighted by molar-refractivity contribution is 5.90. The van der Waals surface area contributed by atoms with Gasteiger partial charge in [0.25, 0.3) is 0 Å². The van der Waals surface area contributed by atoms with Crippen molar-refractivity contribution in [2.75, 3.05) is 14.2 Å². The van der Waals surface area contributed by atoms with Crippen LogP contribution in [0.25, 0.3) is 16.5 Å². The van der Waals surface area contributed by atoms with E-state index in [-0.39, 0.29) is 5.75 Å². The van der Waals surface area contributed by atoms with Crippen molar-refractivity contribution >= 4 is 16.5 Å². The molecule has 22 heavy (non-hydrogen) atoms. The number of nitrogens with zero attached hydrogens (tertiary/aromatic N) is 1. The molecular formula is C18H19NO3. The lowest BCUT2D eigenvalue weighted by molar-refractivity contribution is 0.279. The number of fused-ring (bicyclic) bond motifs is 4. The fourth-order valence-corrected chi connectivity index (χ4v) is 3.61. The first-order valence-electron chi connectivity index (χ1n) is 7.55. The van der Waals surface area contributed by atoms with Gasteiger partial charge in [0.2, 0.25) is 0 Å². The number of hydrogen-bond donors (Lipinski definition) is 1. The molecular weight excluding hydrogens is 278 g/mol. The Hall–Kier alpha value is -2.36. The second kappa shape index (κ2) is 4.83. The first-order valence-corrected chi connectivity index (χ1v) is 7.55. The van der Waals surface area contributed by atoms with Gasteiger partial charge in [-0.15, -0.1) is 0 Å². The standard InChI is InChI=1S/C18H19NO3/c1-21-13-3-4-14-11(7-13)5-6-19-15-10-18(22-2)17(20)9-12(15)8-16(14)19/h3,8-10,20H,4-7H2,1-2H3. The number of aromatic nitrogens is 1. The van der Waals surface area contributed by atoms with Gasteiger partial charge in [-0.3, -0.25) is 0 Å². The van der Waals surface area contributed by atoms with Gasteiger partial charge >= 0.3 is 0 Å². The number of aromatic hydroxyl groups is 1. The second-order valence-electron chi connectivity index (χ2n) is 5.85. The summed E-state index contributed by atoms with van der Waals surface area (Å²) in [6.45, 7) is 0.961. The van der Waals surface area contributed by atoms with E-state index in [0.717, 1.165) is 42.5 Å². The summed E-state index contributed by atoms with van der Waals surface area (Å²) < 4.78 is 13.0. The molecule has 1 aliphatic carbocycles. The lowest BCUT2D eigenvalue weighted by atomic mass is 9.89. The molecule has 0 amide bonds. The number of allylic oxidation sites excluding steroid dienone is 3. The molecule has 1 N–H and O–H groups in total. The molecule has 0 saturated heterocycles. The van der Waals surface area contributed by atoms with Crippen LogP contribution in [0.3, 0.4) is 0 Å². The van der Waals surface area contributed by atoms with Gasteiger partial charge in [-0.05, 0) is 36.6 Å². The number of ether oxygens (including phenoxy) is 2. The monoisotopic (exact) mass is 297 g/mol. The maximum atomic E-state index is 10.00. The molecule has 0 atom stereocenters. The van der Waals surface area contributed by atoms with Crippen LogP contribution >= 0.6 is 0 Å². The Balaban J connectivity index is 1.86. The zero-order valence-corrected chi connectivity index (χ0v) is 12.8. The van der Waals surface area contributed by atoms with Crippen LogP contribution in [0.5, 0.6) is 11.5 Å². The number of phenolic OH excluding ortho intramolecular Hbond substituents is 1. The van der Waals surface area contributed by atoms with Crippen molar-refractivity contribution in [3.63, 3.8) is 0 Å². The highest BCUT2D eigenvalue weighted by atomic mass is 16.5. The van der Waals surface area contributed by atoms with Gasteiger partial charge in [0, 0.05) is 30.1 Å². The lowest BCUT2D eigenvalue weighted by Gasteiger charge is -2.26. The van der Waals surface area contributed by atoms with Crippen molar-refractivity contribution in [2.24, 2.45) is 0 Å². The predicted octanol–water partition coefficient (Wildman–Crippen LogP) is 3.84. The third kappa shape index (κ3) is 1.83. The first kappa shape index (κ1) is 13.3. The molecule has 0 saturated carbocycles. The second-order valence-corrected chi connectivity index (χ2v) is 5.85. The van der Waals surface area contributed by atoms with Crippen molar-refractivity contribution in [1.82, 2.24) is 4.57 Å². The largest absolute Gasteiger partial charge is 0.504 e. The molecule has 0 unspecified atom stereocenters. The van der Waals surface area contributed by atoms with Crippen molar-refractivity contribution in [2.45, 2.75) is 25.8 Å². The van der Waals surface area contributed by atoms with Crippen molar-refractivity contribution in [3.05, 3.63) is 41.3 Å². The summed E-state index contributed by atoms with van der Waals surface area (Å²) in [5.41, 5.74) is 5.26. The maximum Gasteiger partial charge on any atom is 0.162 e. The Morgan fingerprint density at radius 3 is 2.77 bits per heavy atom. The van der Waals surface area contributed by atoms with Crippen LogP contribution in [0.2, 0.25) is 0 Å². The summed E-state index contributed by atoms with van der Waals surface area (Å²) in [5.74, 6) is 1.79. The van der Waals surface area contributed by atoms with Crippen LogP contribution < -0.4 is 4.74 Å². The Kier molecular flexibility index (Phi) is 2.93. The fraction of sp³-hybridized carbons (Fsp3) is 0.333. The van der Waals surface area contributed by atoms with Crippen LogP contribution in [0.1, 0.15) is 25.0 Å². The van der Waals surface area contributed by atoms with Gasteiger partial charge in [-0.25, -0.2) is 0 Å². The number of rotatable bonds is 2. The average molecular weight is 297 g/mol. The van der Waals surface area contributed by atoms with Crippen LogP contribution in [0.15, 0.2) is 35.6 Å². The highest BCUT2D eigenvalue weighted by Gasteiger charge is 2.24. The van der Waals surface area contributed by atoms with Crippen LogP contribution in [-0.2, 0) is 11.3 Å². The lowest BCUT2D eigenvalue weighted by Crippen LogP contribution is -2.14. The number of methoxy groups -OCH3 is 2. The molecule has 4 nitrogen and oxygen atoms in total. The van der Waals surface area contributed by atoms with Gasteiger partial charge in [0.05, 0.1) is 25.5 Å². The smallest absolute Gasteiger partial charge is 0.162 e. The SMILES string of the molecule is COC1=CCC2=C(CCn3c2cc2cc(O)c(OC)cc23)C1. The number of phenols is 1. The molecule has 0 spiro atoms. The van der Waals surface area contributed by atoms with E-state index in [1.807, 2.05) is 6.07 Å². The average Bonchev–Trinajstić information content (AvgIpc) is 2.90. The Morgan fingerprint density at radius 1 is 1.14 bits per heavy atom. The fourth-order valence-electron chi connectivity index (χ4n) is 3.61. The minimum atomic E-state index is 0.192. The van der Waals surface area contributed by atoms with Gasteiger partial charge in [0.1, 0.15) is 0 Å². The van der Waals surface area contributed by atoms with Crippen molar-refractivity contribution in [3.8, 4) is 11.5 Å². The quantitative estimate of drug-likeness (QED) is 0.916. The molecule has 114 valence electrons. The molecule has 1 aliphatic heterocycles. The molecule has 0 radical (unpaired) electrons. The van der Waals surface area contributed by atoms with Crippen LogP contribution in [-0.4, -0.2) is 23.9 Å². The third-order valence-corrected chi connectivity index (χ3v) is 4.76. The van der Waals surface area contributed by atoms with Gasteiger partial charge < -0.3 is 19.1 Å². The molecule has 0 fully saturated rings. The maximum absolute atomic E-state index is 10.00. The summed E-state index contributed by atoms with van der Waals surface area (Å²) in [5, 5.41) is 11.1. The van der Waals surface area contributed by atoms with Crippen LogP contribution in [0.4, 0.5) is 0 Å². The summed E-state index contributed by atoms with van der Waals surface area (Å²) in [6, 6.07) is 5.90. The van der Waals surface area contributed by atoms with Gasteiger partial charge in [-0.2, -0.15) is 0 Å². The number of benzene rings is 1. The molecule has 2 aliphatic rings. The topological polar surface area (TPSA) is 43.6 Å². The number of aryl methyl sites for hydroxylation is 1. The Morgan fingerprint density at radius 2 is 2.00 bits per heavy atom. The van der Waals surface area contributed by atoms with Gasteiger partial charge in [-0.1, -0.05) is 5.57 Å². The molecule has 0 bridgehead atoms. The number of hydrogen-bond acceptors (Lipinski definition) is 3. The molecule has 4 rings (SSSR count). The summed E-state index contributed by atoms with van der Waals surface area (Å²) in [6.07, 6.45) is 5.06. The van der Waals surface area contributed by atoms with Crippen LogP contribution in [0, 0.1) is 0 Å². The van der Waals surface area contributed by atoms with E-state index in [2.05, 4.69) is 16.7 Å². The minimum Gasteiger partial charge on any atom is -0.504 e. The van der Waals surface area contributed by atoms with Crippen molar-refractivity contribution < 1.29 is 14.6 Å². The Bertz CT molecular complexity index is 826. The minimum absolute atomic E-state index is 0.192. The van der Waals surface area contributed by atoms with Crippen molar-refractivity contribution in [1.29, 1.82) is 0 Å². The summed E-state index contributed by atoms with van der Waals surface area (Å²) >= 11 is 0. The molecule has 2 aromatic rings. The third-order valence-electron chi connectivity index (χ3n) is 4.76. The molecule has 2 heterocycles. The zero-order chi connectivity index (χ0) is 15.3. The molecule has 1 aromatic heterocycles. The summed E-state index contributed by atoms with van der Waals surface area (Å²) in [7, 11) is 3.33. The van der Waals surface area contributed by atoms with E-state index >= 15 is 0 Å². The van der Waals surface area contributed by atoms with E-state index in [1.54, 1.807) is 20.3 Å². The summed E-state index contributed by atoms with van der Waals surface area (Å²) in [4.78, 5) is 0. The Labute approximate surface area is 129 Å². The highest BCUT2D eigenvalue weighted by Crippen LogP contribution is 2.42. The molecule has 4 heteroatoms. The first-order chi connectivity index (χ1) is 10.7. The van der Waals surface area contributed by atoms with Gasteiger partial charge in [0.15, 0.2) is 11.5 Å². The zero-order valence-electron chi connectivity index (χ0n) is 12.8. The van der Waals surface area contributed by atoms with E-state index in [0.29, 0.717) is 5.75 Å². The normalized spacial score (nSPS) is 17.1. The van der Waals surface area contributed by atoms with E-state index in [1.165, 1.54) is 16.8 Å².